The van der Waals surface area contributed by atoms with Crippen LogP contribution in [-0.4, -0.2) is 29.3 Å². The van der Waals surface area contributed by atoms with Crippen molar-refractivity contribution in [3.63, 3.8) is 0 Å². The summed E-state index contributed by atoms with van der Waals surface area (Å²) in [5.41, 5.74) is 0.736. The van der Waals surface area contributed by atoms with E-state index in [1.807, 2.05) is 24.3 Å². The van der Waals surface area contributed by atoms with E-state index in [9.17, 15) is 4.79 Å². The molecule has 0 N–H and O–H groups in total. The molecule has 0 amide bonds. The van der Waals surface area contributed by atoms with Gasteiger partial charge in [-0.15, -0.1) is 0 Å². The molecule has 20 heavy (non-hydrogen) atoms. The summed E-state index contributed by atoms with van der Waals surface area (Å²) in [4.78, 5) is 15.1. The molecule has 3 heteroatoms. The fourth-order valence-corrected chi connectivity index (χ4v) is 3.30. The van der Waals surface area contributed by atoms with Gasteiger partial charge < -0.3 is 0 Å². The molecule has 2 nitrogen and oxygen atoms in total. The van der Waals surface area contributed by atoms with Gasteiger partial charge in [0.05, 0.1) is 5.54 Å². The van der Waals surface area contributed by atoms with Gasteiger partial charge in [0.25, 0.3) is 0 Å². The van der Waals surface area contributed by atoms with Gasteiger partial charge in [0, 0.05) is 10.9 Å². The molecule has 2 rings (SSSR count). The van der Waals surface area contributed by atoms with Gasteiger partial charge in [-0.05, 0) is 57.5 Å². The Morgan fingerprint density at radius 3 is 2.45 bits per heavy atom. The number of carbonyl (C=O) groups excluding carboxylic acids is 1. The SMILES string of the molecule is CC(C)(C(=O)Cc1cccc(Br)c1)N1CCCCCC1. The van der Waals surface area contributed by atoms with Crippen LogP contribution in [0.15, 0.2) is 28.7 Å². The number of likely N-dealkylation sites (tertiary alicyclic amines) is 1. The summed E-state index contributed by atoms with van der Waals surface area (Å²) >= 11 is 3.47. The van der Waals surface area contributed by atoms with Crippen LogP contribution in [0.4, 0.5) is 0 Å². The number of Topliss-reactive ketones (excluding diaryl/α,β-unsaturated/α-hetero) is 1. The van der Waals surface area contributed by atoms with Gasteiger partial charge in [-0.2, -0.15) is 0 Å². The van der Waals surface area contributed by atoms with E-state index in [-0.39, 0.29) is 5.54 Å². The molecule has 0 bridgehead atoms. The minimum absolute atomic E-state index is 0.317. The molecule has 1 aliphatic rings. The number of carbonyl (C=O) groups is 1. The first kappa shape index (κ1) is 15.7. The predicted molar refractivity (Wildman–Crippen MR) is 87.0 cm³/mol. The fourth-order valence-electron chi connectivity index (χ4n) is 2.85. The van der Waals surface area contributed by atoms with Crippen molar-refractivity contribution in [3.05, 3.63) is 34.3 Å². The average molecular weight is 338 g/mol. The normalized spacial score (nSPS) is 17.8. The molecule has 1 saturated heterocycles. The first-order valence-electron chi connectivity index (χ1n) is 7.53. The molecule has 1 heterocycles. The molecule has 1 aromatic carbocycles. The van der Waals surface area contributed by atoms with E-state index in [0.29, 0.717) is 12.2 Å². The molecule has 0 radical (unpaired) electrons. The molecule has 0 unspecified atom stereocenters. The summed E-state index contributed by atoms with van der Waals surface area (Å²) in [6.07, 6.45) is 5.54. The highest BCUT2D eigenvalue weighted by atomic mass is 79.9. The average Bonchev–Trinajstić information content (AvgIpc) is 2.67. The van der Waals surface area contributed by atoms with E-state index in [1.54, 1.807) is 0 Å². The third-order valence-electron chi connectivity index (χ3n) is 4.33. The summed E-state index contributed by atoms with van der Waals surface area (Å²) in [7, 11) is 0. The van der Waals surface area contributed by atoms with Crippen molar-refractivity contribution in [2.45, 2.75) is 51.5 Å². The molecule has 0 aliphatic carbocycles. The second-order valence-corrected chi connectivity index (χ2v) is 7.11. The standard InChI is InChI=1S/C17H24BrNO/c1-17(2,19-10-5-3-4-6-11-19)16(20)13-14-8-7-9-15(18)12-14/h7-9,12H,3-6,10-11,13H2,1-2H3. The number of ketones is 1. The maximum atomic E-state index is 12.7. The molecule has 0 atom stereocenters. The van der Waals surface area contributed by atoms with Gasteiger partial charge in [-0.25, -0.2) is 0 Å². The number of benzene rings is 1. The lowest BCUT2D eigenvalue weighted by Crippen LogP contribution is -2.51. The number of hydrogen-bond donors (Lipinski definition) is 0. The predicted octanol–water partition coefficient (Wildman–Crippen LogP) is 4.22. The van der Waals surface area contributed by atoms with Crippen molar-refractivity contribution in [3.8, 4) is 0 Å². The van der Waals surface area contributed by atoms with E-state index < -0.39 is 0 Å². The highest BCUT2D eigenvalue weighted by Crippen LogP contribution is 2.23. The minimum atomic E-state index is -0.355. The van der Waals surface area contributed by atoms with Crippen LogP contribution in [0.5, 0.6) is 0 Å². The number of rotatable bonds is 4. The molecule has 1 fully saturated rings. The van der Waals surface area contributed by atoms with Crippen molar-refractivity contribution in [1.82, 2.24) is 4.90 Å². The van der Waals surface area contributed by atoms with E-state index in [2.05, 4.69) is 34.7 Å². The van der Waals surface area contributed by atoms with Crippen molar-refractivity contribution >= 4 is 21.7 Å². The van der Waals surface area contributed by atoms with Gasteiger partial charge in [-0.3, -0.25) is 9.69 Å². The zero-order valence-electron chi connectivity index (χ0n) is 12.5. The van der Waals surface area contributed by atoms with Crippen LogP contribution in [0.25, 0.3) is 0 Å². The maximum absolute atomic E-state index is 12.7. The largest absolute Gasteiger partial charge is 0.297 e. The quantitative estimate of drug-likeness (QED) is 0.819. The molecule has 0 spiro atoms. The lowest BCUT2D eigenvalue weighted by Gasteiger charge is -2.36. The Kier molecular flexibility index (Phi) is 5.39. The second kappa shape index (κ2) is 6.86. The summed E-state index contributed by atoms with van der Waals surface area (Å²) in [6, 6.07) is 8.05. The third-order valence-corrected chi connectivity index (χ3v) is 4.83. The molecular formula is C17H24BrNO. The Labute approximate surface area is 130 Å². The summed E-state index contributed by atoms with van der Waals surface area (Å²) in [5, 5.41) is 0. The minimum Gasteiger partial charge on any atom is -0.297 e. The van der Waals surface area contributed by atoms with Gasteiger partial charge in [0.2, 0.25) is 0 Å². The van der Waals surface area contributed by atoms with E-state index >= 15 is 0 Å². The third kappa shape index (κ3) is 3.92. The highest BCUT2D eigenvalue weighted by molar-refractivity contribution is 9.10. The van der Waals surface area contributed by atoms with Crippen molar-refractivity contribution in [2.75, 3.05) is 13.1 Å². The Bertz CT molecular complexity index is 462. The monoisotopic (exact) mass is 337 g/mol. The van der Waals surface area contributed by atoms with Crippen LogP contribution < -0.4 is 0 Å². The first-order valence-corrected chi connectivity index (χ1v) is 8.32. The van der Waals surface area contributed by atoms with Crippen molar-refractivity contribution in [2.24, 2.45) is 0 Å². The lowest BCUT2D eigenvalue weighted by atomic mass is 9.91. The molecule has 1 aliphatic heterocycles. The molecule has 0 aromatic heterocycles. The van der Waals surface area contributed by atoms with Crippen LogP contribution in [0.2, 0.25) is 0 Å². The highest BCUT2D eigenvalue weighted by Gasteiger charge is 2.34. The fraction of sp³-hybridized carbons (Fsp3) is 0.588. The van der Waals surface area contributed by atoms with E-state index in [1.165, 1.54) is 25.7 Å². The van der Waals surface area contributed by atoms with Crippen LogP contribution >= 0.6 is 15.9 Å². The van der Waals surface area contributed by atoms with Crippen molar-refractivity contribution in [1.29, 1.82) is 0 Å². The Balaban J connectivity index is 2.05. The number of nitrogens with zero attached hydrogens (tertiary/aromatic N) is 1. The molecule has 110 valence electrons. The molecular weight excluding hydrogens is 314 g/mol. The Morgan fingerprint density at radius 2 is 1.85 bits per heavy atom. The summed E-state index contributed by atoms with van der Waals surface area (Å²) in [6.45, 7) is 6.27. The number of halogens is 1. The van der Waals surface area contributed by atoms with Crippen LogP contribution in [-0.2, 0) is 11.2 Å². The van der Waals surface area contributed by atoms with E-state index in [0.717, 1.165) is 23.1 Å². The number of hydrogen-bond acceptors (Lipinski definition) is 2. The molecule has 1 aromatic rings. The van der Waals surface area contributed by atoms with Gasteiger partial charge >= 0.3 is 0 Å². The van der Waals surface area contributed by atoms with Gasteiger partial charge in [-0.1, -0.05) is 40.9 Å². The lowest BCUT2D eigenvalue weighted by molar-refractivity contribution is -0.128. The van der Waals surface area contributed by atoms with Gasteiger partial charge in [0.1, 0.15) is 0 Å². The summed E-state index contributed by atoms with van der Waals surface area (Å²) < 4.78 is 1.04. The topological polar surface area (TPSA) is 20.3 Å². The van der Waals surface area contributed by atoms with Crippen molar-refractivity contribution < 1.29 is 4.79 Å². The smallest absolute Gasteiger partial charge is 0.156 e. The second-order valence-electron chi connectivity index (χ2n) is 6.19. The zero-order chi connectivity index (χ0) is 14.6. The Hall–Kier alpha value is -0.670. The maximum Gasteiger partial charge on any atom is 0.156 e. The van der Waals surface area contributed by atoms with Gasteiger partial charge in [0.15, 0.2) is 5.78 Å². The molecule has 0 saturated carbocycles. The van der Waals surface area contributed by atoms with E-state index in [4.69, 9.17) is 0 Å². The summed E-state index contributed by atoms with van der Waals surface area (Å²) in [5.74, 6) is 0.317. The van der Waals surface area contributed by atoms with Crippen LogP contribution in [0, 0.1) is 0 Å². The zero-order valence-corrected chi connectivity index (χ0v) is 14.1. The Morgan fingerprint density at radius 1 is 1.20 bits per heavy atom. The van der Waals surface area contributed by atoms with Crippen LogP contribution in [0.3, 0.4) is 0 Å². The van der Waals surface area contributed by atoms with Crippen LogP contribution in [0.1, 0.15) is 45.1 Å². The first-order chi connectivity index (χ1) is 9.50.